The maximum Gasteiger partial charge on any atom is 0.268 e. The third-order valence-corrected chi connectivity index (χ3v) is 6.49. The number of rotatable bonds is 5. The molecule has 1 aliphatic rings. The largest absolute Gasteiger partial charge is 0.269 e. The van der Waals surface area contributed by atoms with E-state index in [9.17, 15) is 9.59 Å². The second-order valence-corrected chi connectivity index (χ2v) is 8.72. The lowest BCUT2D eigenvalue weighted by Gasteiger charge is -2.16. The molecule has 0 saturated carbocycles. The average Bonchev–Trinajstić information content (AvgIpc) is 2.95. The van der Waals surface area contributed by atoms with E-state index in [1.807, 2.05) is 80.6 Å². The van der Waals surface area contributed by atoms with Gasteiger partial charge in [-0.25, -0.2) is 0 Å². The number of benzene rings is 3. The number of thioether (sulfide) groups is 1. The van der Waals surface area contributed by atoms with Crippen LogP contribution in [-0.4, -0.2) is 16.7 Å². The first-order chi connectivity index (χ1) is 14.5. The number of nitrogens with zero attached hydrogens (tertiary/aromatic N) is 1. The molecule has 0 atom stereocenters. The molecule has 0 saturated heterocycles. The summed E-state index contributed by atoms with van der Waals surface area (Å²) in [4.78, 5) is 29.5. The molecule has 2 amide bonds. The Bertz CT molecular complexity index is 1170. The van der Waals surface area contributed by atoms with Crippen molar-refractivity contribution in [2.75, 3.05) is 0 Å². The quantitative estimate of drug-likeness (QED) is 0.461. The Kier molecular flexibility index (Phi) is 5.80. The van der Waals surface area contributed by atoms with E-state index in [1.54, 1.807) is 6.07 Å². The average molecular weight is 434 g/mol. The van der Waals surface area contributed by atoms with Crippen LogP contribution in [0.15, 0.2) is 82.6 Å². The molecule has 0 bridgehead atoms. The Hall–Kier alpha value is -2.82. The number of carbonyl (C=O) groups is 2. The third kappa shape index (κ3) is 3.93. The molecule has 0 unspecified atom stereocenters. The molecular weight excluding hydrogens is 414 g/mol. The van der Waals surface area contributed by atoms with Gasteiger partial charge in [0.25, 0.3) is 11.8 Å². The van der Waals surface area contributed by atoms with Gasteiger partial charge >= 0.3 is 0 Å². The molecule has 4 rings (SSSR count). The van der Waals surface area contributed by atoms with E-state index >= 15 is 0 Å². The first-order valence-electron chi connectivity index (χ1n) is 9.60. The monoisotopic (exact) mass is 433 g/mol. The molecule has 150 valence electrons. The topological polar surface area (TPSA) is 37.4 Å². The highest BCUT2D eigenvalue weighted by atomic mass is 35.5. The van der Waals surface area contributed by atoms with Crippen LogP contribution >= 0.6 is 23.4 Å². The zero-order valence-corrected chi connectivity index (χ0v) is 18.3. The van der Waals surface area contributed by atoms with Crippen molar-refractivity contribution in [1.29, 1.82) is 0 Å². The number of amides is 2. The molecular formula is C25H20ClNO2S. The lowest BCUT2D eigenvalue weighted by Crippen LogP contribution is -2.31. The van der Waals surface area contributed by atoms with Crippen LogP contribution in [0, 0.1) is 13.8 Å². The van der Waals surface area contributed by atoms with Crippen molar-refractivity contribution in [2.45, 2.75) is 25.3 Å². The lowest BCUT2D eigenvalue weighted by molar-refractivity contribution is -0.137. The zero-order chi connectivity index (χ0) is 21.3. The van der Waals surface area contributed by atoms with E-state index < -0.39 is 0 Å². The van der Waals surface area contributed by atoms with Gasteiger partial charge in [-0.15, -0.1) is 0 Å². The molecule has 0 aromatic heterocycles. The van der Waals surface area contributed by atoms with Gasteiger partial charge in [0.1, 0.15) is 0 Å². The van der Waals surface area contributed by atoms with Gasteiger partial charge in [0.05, 0.1) is 17.0 Å². The number of aryl methyl sites for hydroxylation is 2. The predicted molar refractivity (Wildman–Crippen MR) is 122 cm³/mol. The maximum atomic E-state index is 13.5. The molecule has 3 aromatic rings. The molecule has 5 heteroatoms. The van der Waals surface area contributed by atoms with Crippen molar-refractivity contribution in [3.63, 3.8) is 0 Å². The molecule has 1 aliphatic heterocycles. The van der Waals surface area contributed by atoms with Crippen LogP contribution in [0.3, 0.4) is 0 Å². The van der Waals surface area contributed by atoms with Gasteiger partial charge in [-0.05, 0) is 48.7 Å². The van der Waals surface area contributed by atoms with Crippen LogP contribution < -0.4 is 0 Å². The predicted octanol–water partition coefficient (Wildman–Crippen LogP) is 6.03. The number of hydrogen-bond donors (Lipinski definition) is 0. The summed E-state index contributed by atoms with van der Waals surface area (Å²) in [5.41, 5.74) is 4.07. The number of carbonyl (C=O) groups excluding carboxylic acids is 2. The summed E-state index contributed by atoms with van der Waals surface area (Å²) in [5, 5.41) is 0.537. The fourth-order valence-electron chi connectivity index (χ4n) is 3.53. The smallest absolute Gasteiger partial charge is 0.268 e. The Morgan fingerprint density at radius 1 is 0.867 bits per heavy atom. The van der Waals surface area contributed by atoms with Crippen LogP contribution in [0.5, 0.6) is 0 Å². The van der Waals surface area contributed by atoms with E-state index in [2.05, 4.69) is 0 Å². The first-order valence-corrected chi connectivity index (χ1v) is 10.8. The Morgan fingerprint density at radius 2 is 1.57 bits per heavy atom. The van der Waals surface area contributed by atoms with E-state index in [0.29, 0.717) is 15.5 Å². The minimum atomic E-state index is -0.288. The van der Waals surface area contributed by atoms with E-state index in [-0.39, 0.29) is 18.4 Å². The Balaban J connectivity index is 1.79. The molecule has 0 aliphatic carbocycles. The molecule has 30 heavy (non-hydrogen) atoms. The van der Waals surface area contributed by atoms with Crippen LogP contribution in [-0.2, 0) is 16.1 Å². The van der Waals surface area contributed by atoms with Gasteiger partial charge in [-0.1, -0.05) is 83.5 Å². The van der Waals surface area contributed by atoms with E-state index in [0.717, 1.165) is 27.1 Å². The highest BCUT2D eigenvalue weighted by molar-refractivity contribution is 8.04. The lowest BCUT2D eigenvalue weighted by atomic mass is 9.99. The molecule has 3 nitrogen and oxygen atoms in total. The minimum absolute atomic E-state index is 0.143. The van der Waals surface area contributed by atoms with Crippen LogP contribution in [0.25, 0.3) is 5.57 Å². The van der Waals surface area contributed by atoms with Crippen LogP contribution in [0.4, 0.5) is 0 Å². The van der Waals surface area contributed by atoms with Crippen molar-refractivity contribution < 1.29 is 9.59 Å². The molecule has 1 heterocycles. The second-order valence-electron chi connectivity index (χ2n) is 7.23. The van der Waals surface area contributed by atoms with Gasteiger partial charge in [0, 0.05) is 9.92 Å². The highest BCUT2D eigenvalue weighted by Crippen LogP contribution is 2.41. The van der Waals surface area contributed by atoms with Crippen LogP contribution in [0.1, 0.15) is 22.3 Å². The van der Waals surface area contributed by atoms with E-state index in [4.69, 9.17) is 11.6 Å². The summed E-state index contributed by atoms with van der Waals surface area (Å²) < 4.78 is 0. The van der Waals surface area contributed by atoms with Gasteiger partial charge < -0.3 is 0 Å². The Morgan fingerprint density at radius 3 is 2.27 bits per heavy atom. The SMILES string of the molecule is Cc1ccc(C2=C(Sc3ccccc3)C(=O)N(Cc3ccccc3Cl)C2=O)c(C)c1. The third-order valence-electron chi connectivity index (χ3n) is 5.03. The normalized spacial score (nSPS) is 14.0. The summed E-state index contributed by atoms with van der Waals surface area (Å²) in [6.45, 7) is 4.12. The molecule has 0 radical (unpaired) electrons. The zero-order valence-electron chi connectivity index (χ0n) is 16.7. The summed E-state index contributed by atoms with van der Waals surface area (Å²) in [5.74, 6) is -0.575. The van der Waals surface area contributed by atoms with Crippen molar-refractivity contribution >= 4 is 40.8 Å². The van der Waals surface area contributed by atoms with Crippen molar-refractivity contribution in [1.82, 2.24) is 4.90 Å². The van der Waals surface area contributed by atoms with Gasteiger partial charge in [0.2, 0.25) is 0 Å². The fraction of sp³-hybridized carbons (Fsp3) is 0.120. The van der Waals surface area contributed by atoms with Crippen molar-refractivity contribution in [3.05, 3.63) is 105 Å². The van der Waals surface area contributed by atoms with Crippen LogP contribution in [0.2, 0.25) is 5.02 Å². The van der Waals surface area contributed by atoms with Crippen molar-refractivity contribution in [2.24, 2.45) is 0 Å². The van der Waals surface area contributed by atoms with Gasteiger partial charge in [-0.2, -0.15) is 0 Å². The standard InChI is InChI=1S/C25H20ClNO2S/c1-16-12-13-20(17(2)14-16)22-23(30-19-9-4-3-5-10-19)25(29)27(24(22)28)15-18-8-6-7-11-21(18)26/h3-14H,15H2,1-2H3. The first kappa shape index (κ1) is 20.5. The Labute approximate surface area is 185 Å². The highest BCUT2D eigenvalue weighted by Gasteiger charge is 2.40. The molecule has 0 fully saturated rings. The fourth-order valence-corrected chi connectivity index (χ4v) is 4.75. The number of hydrogen-bond acceptors (Lipinski definition) is 3. The molecule has 3 aromatic carbocycles. The second kappa shape index (κ2) is 8.50. The van der Waals surface area contributed by atoms with E-state index in [1.165, 1.54) is 16.7 Å². The van der Waals surface area contributed by atoms with Crippen molar-refractivity contribution in [3.8, 4) is 0 Å². The number of halogens is 1. The summed E-state index contributed by atoms with van der Waals surface area (Å²) in [7, 11) is 0. The summed E-state index contributed by atoms with van der Waals surface area (Å²) >= 11 is 7.62. The van der Waals surface area contributed by atoms with Gasteiger partial charge in [0.15, 0.2) is 0 Å². The minimum Gasteiger partial charge on any atom is -0.269 e. The maximum absolute atomic E-state index is 13.5. The molecule has 0 spiro atoms. The molecule has 0 N–H and O–H groups in total. The summed E-state index contributed by atoms with van der Waals surface area (Å²) in [6.07, 6.45) is 0. The number of imide groups is 1. The summed E-state index contributed by atoms with van der Waals surface area (Å²) in [6, 6.07) is 22.8. The van der Waals surface area contributed by atoms with Gasteiger partial charge in [-0.3, -0.25) is 14.5 Å².